The van der Waals surface area contributed by atoms with Gasteiger partial charge in [-0.2, -0.15) is 0 Å². The van der Waals surface area contributed by atoms with Crippen molar-refractivity contribution in [3.8, 4) is 0 Å². The van der Waals surface area contributed by atoms with E-state index < -0.39 is 5.82 Å². The Labute approximate surface area is 120 Å². The van der Waals surface area contributed by atoms with Crippen LogP contribution in [0.4, 0.5) is 8.78 Å². The van der Waals surface area contributed by atoms with Crippen LogP contribution in [0.3, 0.4) is 0 Å². The molecule has 0 spiro atoms. The lowest BCUT2D eigenvalue weighted by Gasteiger charge is -2.38. The van der Waals surface area contributed by atoms with Gasteiger partial charge in [-0.3, -0.25) is 4.90 Å². The number of aryl methyl sites for hydroxylation is 1. The first-order valence-electron chi connectivity index (χ1n) is 7.45. The van der Waals surface area contributed by atoms with E-state index in [1.54, 1.807) is 6.92 Å². The number of nitrogens with zero attached hydrogens (tertiary/aromatic N) is 1. The maximum atomic E-state index is 14.5. The molecule has 2 nitrogen and oxygen atoms in total. The highest BCUT2D eigenvalue weighted by atomic mass is 19.1. The van der Waals surface area contributed by atoms with Gasteiger partial charge >= 0.3 is 0 Å². The van der Waals surface area contributed by atoms with Crippen LogP contribution in [0.1, 0.15) is 37.4 Å². The van der Waals surface area contributed by atoms with E-state index in [4.69, 9.17) is 0 Å². The van der Waals surface area contributed by atoms with E-state index in [0.29, 0.717) is 5.56 Å². The molecule has 2 atom stereocenters. The van der Waals surface area contributed by atoms with Crippen molar-refractivity contribution < 1.29 is 8.78 Å². The molecular formula is C16H24F2N2. The molecule has 0 aliphatic carbocycles. The molecule has 1 aromatic carbocycles. The topological polar surface area (TPSA) is 15.3 Å². The van der Waals surface area contributed by atoms with Gasteiger partial charge in [-0.05, 0) is 24.5 Å². The van der Waals surface area contributed by atoms with Gasteiger partial charge in [0, 0.05) is 37.8 Å². The van der Waals surface area contributed by atoms with Crippen molar-refractivity contribution in [3.05, 3.63) is 34.9 Å². The minimum Gasteiger partial charge on any atom is -0.314 e. The lowest BCUT2D eigenvalue weighted by atomic mass is 9.89. The second kappa shape index (κ2) is 6.64. The average molecular weight is 282 g/mol. The molecule has 0 radical (unpaired) electrons. The van der Waals surface area contributed by atoms with Crippen LogP contribution < -0.4 is 5.32 Å². The number of benzene rings is 1. The maximum absolute atomic E-state index is 14.5. The predicted molar refractivity (Wildman–Crippen MR) is 77.7 cm³/mol. The number of piperazine rings is 1. The highest BCUT2D eigenvalue weighted by molar-refractivity contribution is 5.30. The molecular weight excluding hydrogens is 258 g/mol. The summed E-state index contributed by atoms with van der Waals surface area (Å²) in [5.41, 5.74) is 0.770. The van der Waals surface area contributed by atoms with Gasteiger partial charge in [0.25, 0.3) is 0 Å². The molecule has 1 saturated heterocycles. The molecule has 1 aromatic rings. The van der Waals surface area contributed by atoms with Crippen LogP contribution in [-0.2, 0) is 0 Å². The number of hydrogen-bond donors (Lipinski definition) is 1. The smallest absolute Gasteiger partial charge is 0.133 e. The minimum atomic E-state index is -0.420. The molecule has 0 aromatic heterocycles. The zero-order chi connectivity index (χ0) is 14.7. The normalized spacial score (nSPS) is 19.9. The van der Waals surface area contributed by atoms with Gasteiger partial charge in [0.2, 0.25) is 0 Å². The first kappa shape index (κ1) is 15.4. The molecule has 4 heteroatoms. The second-order valence-electron chi connectivity index (χ2n) is 5.71. The average Bonchev–Trinajstić information content (AvgIpc) is 2.48. The van der Waals surface area contributed by atoms with Gasteiger partial charge in [-0.25, -0.2) is 8.78 Å². The summed E-state index contributed by atoms with van der Waals surface area (Å²) in [6, 6.07) is 2.73. The van der Waals surface area contributed by atoms with Crippen molar-refractivity contribution in [1.29, 1.82) is 0 Å². The largest absolute Gasteiger partial charge is 0.314 e. The Morgan fingerprint density at radius 3 is 2.50 bits per heavy atom. The number of rotatable bonds is 4. The van der Waals surface area contributed by atoms with Crippen LogP contribution in [-0.4, -0.2) is 31.1 Å². The van der Waals surface area contributed by atoms with E-state index in [1.165, 1.54) is 12.1 Å². The Hall–Kier alpha value is -1.00. The summed E-state index contributed by atoms with van der Waals surface area (Å²) < 4.78 is 28.7. The van der Waals surface area contributed by atoms with Gasteiger partial charge in [-0.1, -0.05) is 26.3 Å². The Morgan fingerprint density at radius 1 is 1.25 bits per heavy atom. The second-order valence-corrected chi connectivity index (χ2v) is 5.71. The SMILES string of the molecule is CCC(C)[C@H](c1c(F)ccc(C)c1F)N1CCNCC1. The molecule has 1 aliphatic rings. The molecule has 0 bridgehead atoms. The van der Waals surface area contributed by atoms with Crippen molar-refractivity contribution in [1.82, 2.24) is 10.2 Å². The van der Waals surface area contributed by atoms with Crippen LogP contribution in [0, 0.1) is 24.5 Å². The zero-order valence-corrected chi connectivity index (χ0v) is 12.5. The van der Waals surface area contributed by atoms with Crippen LogP contribution in [0.2, 0.25) is 0 Å². The number of nitrogens with one attached hydrogen (secondary N) is 1. The number of hydrogen-bond acceptors (Lipinski definition) is 2. The van der Waals surface area contributed by atoms with Crippen LogP contribution >= 0.6 is 0 Å². The molecule has 1 fully saturated rings. The van der Waals surface area contributed by atoms with Crippen molar-refractivity contribution in [2.45, 2.75) is 33.2 Å². The summed E-state index contributed by atoms with van der Waals surface area (Å²) in [5.74, 6) is -0.579. The van der Waals surface area contributed by atoms with E-state index in [-0.39, 0.29) is 23.3 Å². The van der Waals surface area contributed by atoms with Crippen molar-refractivity contribution in [2.24, 2.45) is 5.92 Å². The standard InChI is InChI=1S/C16H24F2N2/c1-4-11(2)16(20-9-7-19-8-10-20)14-13(17)6-5-12(3)15(14)18/h5-6,11,16,19H,4,7-10H2,1-3H3/t11?,16-/m1/s1. The molecule has 20 heavy (non-hydrogen) atoms. The van der Waals surface area contributed by atoms with E-state index in [2.05, 4.69) is 24.1 Å². The zero-order valence-electron chi connectivity index (χ0n) is 12.5. The fourth-order valence-corrected chi connectivity index (χ4v) is 2.96. The molecule has 1 heterocycles. The lowest BCUT2D eigenvalue weighted by molar-refractivity contribution is 0.122. The first-order chi connectivity index (χ1) is 9.56. The Morgan fingerprint density at radius 2 is 1.90 bits per heavy atom. The fourth-order valence-electron chi connectivity index (χ4n) is 2.96. The van der Waals surface area contributed by atoms with Gasteiger partial charge in [0.15, 0.2) is 0 Å². The maximum Gasteiger partial charge on any atom is 0.133 e. The first-order valence-corrected chi connectivity index (χ1v) is 7.45. The molecule has 1 unspecified atom stereocenters. The third-order valence-corrected chi connectivity index (χ3v) is 4.34. The lowest BCUT2D eigenvalue weighted by Crippen LogP contribution is -2.47. The van der Waals surface area contributed by atoms with E-state index in [9.17, 15) is 8.78 Å². The minimum absolute atomic E-state index is 0.179. The monoisotopic (exact) mass is 282 g/mol. The van der Waals surface area contributed by atoms with E-state index in [1.807, 2.05) is 0 Å². The third-order valence-electron chi connectivity index (χ3n) is 4.34. The van der Waals surface area contributed by atoms with Gasteiger partial charge in [0.05, 0.1) is 0 Å². The summed E-state index contributed by atoms with van der Waals surface area (Å²) in [4.78, 5) is 2.21. The molecule has 1 aliphatic heterocycles. The molecule has 1 N–H and O–H groups in total. The van der Waals surface area contributed by atoms with Crippen LogP contribution in [0.5, 0.6) is 0 Å². The Kier molecular flexibility index (Phi) is 5.11. The third kappa shape index (κ3) is 3.01. The van der Waals surface area contributed by atoms with Crippen molar-refractivity contribution in [2.75, 3.05) is 26.2 Å². The van der Waals surface area contributed by atoms with Crippen molar-refractivity contribution >= 4 is 0 Å². The quantitative estimate of drug-likeness (QED) is 0.912. The van der Waals surface area contributed by atoms with Crippen LogP contribution in [0.15, 0.2) is 12.1 Å². The van der Waals surface area contributed by atoms with Gasteiger partial charge < -0.3 is 5.32 Å². The summed E-state index contributed by atoms with van der Waals surface area (Å²) in [5, 5.41) is 3.29. The molecule has 112 valence electrons. The summed E-state index contributed by atoms with van der Waals surface area (Å²) >= 11 is 0. The summed E-state index contributed by atoms with van der Waals surface area (Å²) in [7, 11) is 0. The molecule has 0 amide bonds. The summed E-state index contributed by atoms with van der Waals surface area (Å²) in [6.07, 6.45) is 0.904. The van der Waals surface area contributed by atoms with Crippen LogP contribution in [0.25, 0.3) is 0 Å². The molecule has 2 rings (SSSR count). The summed E-state index contributed by atoms with van der Waals surface area (Å²) in [6.45, 7) is 9.27. The van der Waals surface area contributed by atoms with Crippen molar-refractivity contribution in [3.63, 3.8) is 0 Å². The number of halogens is 2. The Bertz CT molecular complexity index is 456. The van der Waals surface area contributed by atoms with E-state index >= 15 is 0 Å². The predicted octanol–water partition coefficient (Wildman–Crippen LogP) is 3.27. The Balaban J connectivity index is 2.43. The van der Waals surface area contributed by atoms with E-state index in [0.717, 1.165) is 32.6 Å². The highest BCUT2D eigenvalue weighted by Gasteiger charge is 2.31. The van der Waals surface area contributed by atoms with Gasteiger partial charge in [0.1, 0.15) is 11.6 Å². The van der Waals surface area contributed by atoms with Gasteiger partial charge in [-0.15, -0.1) is 0 Å². The molecule has 0 saturated carbocycles. The highest BCUT2D eigenvalue weighted by Crippen LogP contribution is 2.35. The fraction of sp³-hybridized carbons (Fsp3) is 0.625.